The zero-order valence-corrected chi connectivity index (χ0v) is 11.2. The molecule has 5 nitrogen and oxygen atoms in total. The van der Waals surface area contributed by atoms with E-state index in [-0.39, 0.29) is 23.6 Å². The highest BCUT2D eigenvalue weighted by molar-refractivity contribution is 6.30. The lowest BCUT2D eigenvalue weighted by Crippen LogP contribution is -2.42. The largest absolute Gasteiger partial charge is 0.480 e. The Hall–Kier alpha value is -2.08. The maximum atomic E-state index is 13.7. The van der Waals surface area contributed by atoms with Gasteiger partial charge in [-0.05, 0) is 11.6 Å². The lowest BCUT2D eigenvalue weighted by Gasteiger charge is -2.15. The lowest BCUT2D eigenvalue weighted by molar-refractivity contribution is -0.139. The van der Waals surface area contributed by atoms with Crippen LogP contribution in [0.15, 0.2) is 30.9 Å². The lowest BCUT2D eigenvalue weighted by atomic mass is 10.1. The normalized spacial score (nSPS) is 11.5. The molecule has 0 heterocycles. The quantitative estimate of drug-likeness (QED) is 0.791. The van der Waals surface area contributed by atoms with Gasteiger partial charge in [-0.3, -0.25) is 0 Å². The molecule has 0 saturated carbocycles. The van der Waals surface area contributed by atoms with Crippen molar-refractivity contribution in [2.75, 3.05) is 6.61 Å². The summed E-state index contributed by atoms with van der Waals surface area (Å²) in [7, 11) is 0. The monoisotopic (exact) mass is 301 g/mol. The summed E-state index contributed by atoms with van der Waals surface area (Å²) in [5, 5.41) is 11.0. The van der Waals surface area contributed by atoms with Crippen molar-refractivity contribution in [1.82, 2.24) is 5.32 Å². The standard InChI is InChI=1S/C13H13ClFNO4/c1-2-6-20-13(19)16-10(12(17)18)7-8-4-3-5-9(14)11(8)15/h2-5,10H,1,6-7H2,(H,16,19)(H,17,18). The van der Waals surface area contributed by atoms with E-state index in [2.05, 4.69) is 16.6 Å². The van der Waals surface area contributed by atoms with Crippen LogP contribution in [-0.4, -0.2) is 29.8 Å². The Bertz CT molecular complexity index is 521. The van der Waals surface area contributed by atoms with Gasteiger partial charge in [0.05, 0.1) is 5.02 Å². The third-order valence-corrected chi connectivity index (χ3v) is 2.67. The number of hydrogen-bond donors (Lipinski definition) is 2. The first kappa shape index (κ1) is 16.0. The minimum Gasteiger partial charge on any atom is -0.480 e. The van der Waals surface area contributed by atoms with Crippen molar-refractivity contribution in [1.29, 1.82) is 0 Å². The fourth-order valence-electron chi connectivity index (χ4n) is 1.44. The predicted molar refractivity (Wildman–Crippen MR) is 71.2 cm³/mol. The molecule has 0 aromatic heterocycles. The number of amides is 1. The number of benzene rings is 1. The van der Waals surface area contributed by atoms with Crippen LogP contribution in [0.25, 0.3) is 0 Å². The van der Waals surface area contributed by atoms with Gasteiger partial charge in [-0.15, -0.1) is 0 Å². The van der Waals surface area contributed by atoms with Gasteiger partial charge in [0.15, 0.2) is 0 Å². The number of carboxylic acid groups (broad SMARTS) is 1. The van der Waals surface area contributed by atoms with Gasteiger partial charge in [0.2, 0.25) is 0 Å². The number of nitrogens with one attached hydrogen (secondary N) is 1. The highest BCUT2D eigenvalue weighted by atomic mass is 35.5. The van der Waals surface area contributed by atoms with Gasteiger partial charge < -0.3 is 15.2 Å². The van der Waals surface area contributed by atoms with Crippen molar-refractivity contribution in [3.8, 4) is 0 Å². The molecule has 0 aliphatic carbocycles. The molecule has 1 aromatic carbocycles. The fraction of sp³-hybridized carbons (Fsp3) is 0.231. The van der Waals surface area contributed by atoms with Crippen molar-refractivity contribution in [3.05, 3.63) is 47.3 Å². The van der Waals surface area contributed by atoms with Crippen LogP contribution in [0.1, 0.15) is 5.56 Å². The van der Waals surface area contributed by atoms with E-state index < -0.39 is 23.9 Å². The van der Waals surface area contributed by atoms with E-state index in [1.54, 1.807) is 0 Å². The summed E-state index contributed by atoms with van der Waals surface area (Å²) < 4.78 is 18.3. The van der Waals surface area contributed by atoms with Crippen molar-refractivity contribution < 1.29 is 23.8 Å². The molecule has 0 radical (unpaired) electrons. The van der Waals surface area contributed by atoms with Crippen LogP contribution < -0.4 is 5.32 Å². The Morgan fingerprint density at radius 1 is 1.55 bits per heavy atom. The highest BCUT2D eigenvalue weighted by Gasteiger charge is 2.23. The number of rotatable bonds is 6. The van der Waals surface area contributed by atoms with Gasteiger partial charge in [0.1, 0.15) is 18.5 Å². The van der Waals surface area contributed by atoms with E-state index in [0.29, 0.717) is 0 Å². The molecule has 0 spiro atoms. The summed E-state index contributed by atoms with van der Waals surface area (Å²) in [5.41, 5.74) is 0.0916. The zero-order chi connectivity index (χ0) is 15.1. The first-order valence-electron chi connectivity index (χ1n) is 5.65. The Morgan fingerprint density at radius 3 is 2.85 bits per heavy atom. The zero-order valence-electron chi connectivity index (χ0n) is 10.4. The Morgan fingerprint density at radius 2 is 2.25 bits per heavy atom. The van der Waals surface area contributed by atoms with E-state index in [4.69, 9.17) is 16.7 Å². The molecule has 1 amide bonds. The SMILES string of the molecule is C=CCOC(=O)NC(Cc1cccc(Cl)c1F)C(=O)O. The second-order valence-corrected chi connectivity index (χ2v) is 4.25. The predicted octanol–water partition coefficient (Wildman–Crippen LogP) is 2.39. The molecule has 1 atom stereocenters. The summed E-state index contributed by atoms with van der Waals surface area (Å²) in [6.45, 7) is 3.30. The molecular weight excluding hydrogens is 289 g/mol. The maximum absolute atomic E-state index is 13.7. The third-order valence-electron chi connectivity index (χ3n) is 2.38. The van der Waals surface area contributed by atoms with Gasteiger partial charge in [-0.2, -0.15) is 0 Å². The van der Waals surface area contributed by atoms with E-state index in [0.717, 1.165) is 0 Å². The van der Waals surface area contributed by atoms with E-state index >= 15 is 0 Å². The molecule has 0 aliphatic heterocycles. The van der Waals surface area contributed by atoms with Crippen LogP contribution in [-0.2, 0) is 16.0 Å². The van der Waals surface area contributed by atoms with E-state index in [1.165, 1.54) is 24.3 Å². The summed E-state index contributed by atoms with van der Waals surface area (Å²) in [6.07, 6.45) is 0.177. The number of carbonyl (C=O) groups is 2. The third kappa shape index (κ3) is 4.55. The summed E-state index contributed by atoms with van der Waals surface area (Å²) in [5.74, 6) is -2.01. The average molecular weight is 302 g/mol. The van der Waals surface area contributed by atoms with Gasteiger partial charge in [0.25, 0.3) is 0 Å². The number of hydrogen-bond acceptors (Lipinski definition) is 3. The summed E-state index contributed by atoms with van der Waals surface area (Å²) in [6, 6.07) is 2.92. The van der Waals surface area contributed by atoms with Gasteiger partial charge in [-0.1, -0.05) is 36.4 Å². The number of carboxylic acids is 1. The van der Waals surface area contributed by atoms with Crippen molar-refractivity contribution >= 4 is 23.7 Å². The smallest absolute Gasteiger partial charge is 0.408 e. The molecule has 0 aliphatic rings. The Labute approximate surface area is 120 Å². The number of alkyl carbamates (subject to hydrolysis) is 1. The molecule has 108 valence electrons. The number of aliphatic carboxylic acids is 1. The van der Waals surface area contributed by atoms with Crippen LogP contribution in [0.2, 0.25) is 5.02 Å². The molecular formula is C13H13ClFNO4. The van der Waals surface area contributed by atoms with Crippen LogP contribution in [0.5, 0.6) is 0 Å². The minimum absolute atomic E-state index is 0.0519. The molecule has 0 bridgehead atoms. The second kappa shape index (κ2) is 7.49. The maximum Gasteiger partial charge on any atom is 0.408 e. The highest BCUT2D eigenvalue weighted by Crippen LogP contribution is 2.19. The molecule has 20 heavy (non-hydrogen) atoms. The van der Waals surface area contributed by atoms with Gasteiger partial charge in [-0.25, -0.2) is 14.0 Å². The van der Waals surface area contributed by atoms with Gasteiger partial charge >= 0.3 is 12.1 Å². The van der Waals surface area contributed by atoms with Crippen molar-refractivity contribution in [3.63, 3.8) is 0 Å². The summed E-state index contributed by atoms with van der Waals surface area (Å²) in [4.78, 5) is 22.4. The number of carbonyl (C=O) groups excluding carboxylic acids is 1. The topological polar surface area (TPSA) is 75.6 Å². The Balaban J connectivity index is 2.77. The number of ether oxygens (including phenoxy) is 1. The molecule has 0 fully saturated rings. The average Bonchev–Trinajstić information content (AvgIpc) is 2.40. The van der Waals surface area contributed by atoms with E-state index in [1.807, 2.05) is 0 Å². The van der Waals surface area contributed by atoms with Crippen LogP contribution in [0.4, 0.5) is 9.18 Å². The van der Waals surface area contributed by atoms with Crippen LogP contribution in [0.3, 0.4) is 0 Å². The second-order valence-electron chi connectivity index (χ2n) is 3.84. The number of halogens is 2. The van der Waals surface area contributed by atoms with Gasteiger partial charge in [0, 0.05) is 6.42 Å². The molecule has 1 rings (SSSR count). The van der Waals surface area contributed by atoms with Crippen LogP contribution in [0, 0.1) is 5.82 Å². The molecule has 7 heteroatoms. The van der Waals surface area contributed by atoms with Crippen LogP contribution >= 0.6 is 11.6 Å². The first-order chi connectivity index (χ1) is 9.45. The molecule has 1 unspecified atom stereocenters. The molecule has 0 saturated heterocycles. The fourth-order valence-corrected chi connectivity index (χ4v) is 1.64. The van der Waals surface area contributed by atoms with Crippen molar-refractivity contribution in [2.24, 2.45) is 0 Å². The first-order valence-corrected chi connectivity index (χ1v) is 6.03. The van der Waals surface area contributed by atoms with E-state index in [9.17, 15) is 14.0 Å². The molecule has 2 N–H and O–H groups in total. The Kier molecular flexibility index (Phi) is 5.99. The minimum atomic E-state index is -1.32. The molecule has 1 aromatic rings. The summed E-state index contributed by atoms with van der Waals surface area (Å²) >= 11 is 5.61. The van der Waals surface area contributed by atoms with Crippen molar-refractivity contribution in [2.45, 2.75) is 12.5 Å².